The molecule has 0 radical (unpaired) electrons. The predicted octanol–water partition coefficient (Wildman–Crippen LogP) is 4.57. The molecule has 0 aliphatic rings. The van der Waals surface area contributed by atoms with Gasteiger partial charge in [0.25, 0.3) is 0 Å². The molecule has 0 heterocycles. The molecule has 3 aromatic carbocycles. The highest BCUT2D eigenvalue weighted by molar-refractivity contribution is 7.99. The van der Waals surface area contributed by atoms with Crippen molar-refractivity contribution in [2.75, 3.05) is 19.0 Å². The molecule has 0 spiro atoms. The van der Waals surface area contributed by atoms with Crippen molar-refractivity contribution >= 4 is 23.4 Å². The van der Waals surface area contributed by atoms with Crippen LogP contribution in [0, 0.1) is 0 Å². The smallest absolute Gasteiger partial charge is 0.239 e. The van der Waals surface area contributed by atoms with Crippen LogP contribution in [-0.4, -0.2) is 19.6 Å². The highest BCUT2D eigenvalue weighted by Crippen LogP contribution is 2.32. The van der Waals surface area contributed by atoms with Crippen LogP contribution in [0.4, 0.5) is 5.69 Å². The first kappa shape index (κ1) is 18.9. The first-order valence-corrected chi connectivity index (χ1v) is 9.51. The maximum absolute atomic E-state index is 12.2. The molecule has 0 aliphatic carbocycles. The van der Waals surface area contributed by atoms with E-state index in [1.807, 2.05) is 66.7 Å². The van der Waals surface area contributed by atoms with Crippen molar-refractivity contribution in [2.24, 2.45) is 0 Å². The summed E-state index contributed by atoms with van der Waals surface area (Å²) < 4.78 is 5.20. The van der Waals surface area contributed by atoms with Crippen LogP contribution < -0.4 is 15.4 Å². The molecular formula is C22H22N2O2S. The molecular weight excluding hydrogens is 356 g/mol. The minimum Gasteiger partial charge on any atom is -0.497 e. The second-order valence-corrected chi connectivity index (χ2v) is 7.01. The molecule has 0 aromatic heterocycles. The lowest BCUT2D eigenvalue weighted by Gasteiger charge is -2.12. The molecule has 3 aromatic rings. The van der Waals surface area contributed by atoms with Crippen LogP contribution in [0.15, 0.2) is 88.7 Å². The lowest BCUT2D eigenvalue weighted by atomic mass is 10.2. The number of carbonyl (C=O) groups is 1. The number of nitrogens with one attached hydrogen (secondary N) is 2. The minimum absolute atomic E-state index is 0.0580. The van der Waals surface area contributed by atoms with E-state index < -0.39 is 0 Å². The van der Waals surface area contributed by atoms with Gasteiger partial charge in [0.15, 0.2) is 0 Å². The van der Waals surface area contributed by atoms with Crippen molar-refractivity contribution < 1.29 is 9.53 Å². The summed E-state index contributed by atoms with van der Waals surface area (Å²) >= 11 is 1.67. The molecule has 0 aliphatic heterocycles. The van der Waals surface area contributed by atoms with Gasteiger partial charge in [-0.05, 0) is 42.0 Å². The van der Waals surface area contributed by atoms with Crippen LogP contribution in [0.1, 0.15) is 5.56 Å². The molecule has 27 heavy (non-hydrogen) atoms. The van der Waals surface area contributed by atoms with E-state index in [9.17, 15) is 4.79 Å². The Bertz CT molecular complexity index is 884. The summed E-state index contributed by atoms with van der Waals surface area (Å²) in [6, 6.07) is 25.9. The Labute approximate surface area is 164 Å². The van der Waals surface area contributed by atoms with E-state index in [-0.39, 0.29) is 12.5 Å². The van der Waals surface area contributed by atoms with Gasteiger partial charge < -0.3 is 15.4 Å². The number of para-hydroxylation sites is 1. The lowest BCUT2D eigenvalue weighted by Crippen LogP contribution is -2.29. The normalized spacial score (nSPS) is 10.3. The van der Waals surface area contributed by atoms with Crippen molar-refractivity contribution in [1.82, 2.24) is 5.32 Å². The molecule has 0 fully saturated rings. The largest absolute Gasteiger partial charge is 0.497 e. The van der Waals surface area contributed by atoms with Gasteiger partial charge in [0.1, 0.15) is 5.75 Å². The Morgan fingerprint density at radius 3 is 2.56 bits per heavy atom. The maximum Gasteiger partial charge on any atom is 0.239 e. The number of amides is 1. The SMILES string of the molecule is COc1cccc(CNC(=O)CNc2ccccc2Sc2ccccc2)c1. The van der Waals surface area contributed by atoms with Crippen LogP contribution in [0.5, 0.6) is 5.75 Å². The van der Waals surface area contributed by atoms with Crippen molar-refractivity contribution in [3.63, 3.8) is 0 Å². The number of carbonyl (C=O) groups excluding carboxylic acids is 1. The molecule has 5 heteroatoms. The van der Waals surface area contributed by atoms with Gasteiger partial charge in [0.2, 0.25) is 5.91 Å². The Balaban J connectivity index is 1.54. The third kappa shape index (κ3) is 5.79. The van der Waals surface area contributed by atoms with Crippen molar-refractivity contribution in [1.29, 1.82) is 0 Å². The zero-order valence-corrected chi connectivity index (χ0v) is 16.0. The number of hydrogen-bond donors (Lipinski definition) is 2. The van der Waals surface area contributed by atoms with Gasteiger partial charge in [-0.2, -0.15) is 0 Å². The highest BCUT2D eigenvalue weighted by atomic mass is 32.2. The Kier molecular flexibility index (Phi) is 6.77. The molecule has 138 valence electrons. The number of rotatable bonds is 8. The molecule has 0 saturated carbocycles. The quantitative estimate of drug-likeness (QED) is 0.603. The van der Waals surface area contributed by atoms with E-state index in [4.69, 9.17) is 4.74 Å². The second-order valence-electron chi connectivity index (χ2n) is 5.89. The van der Waals surface area contributed by atoms with Gasteiger partial charge in [0.05, 0.1) is 13.7 Å². The third-order valence-electron chi connectivity index (χ3n) is 3.92. The minimum atomic E-state index is -0.0580. The van der Waals surface area contributed by atoms with E-state index in [0.717, 1.165) is 26.8 Å². The van der Waals surface area contributed by atoms with Gasteiger partial charge >= 0.3 is 0 Å². The summed E-state index contributed by atoms with van der Waals surface area (Å²) in [5.41, 5.74) is 1.95. The van der Waals surface area contributed by atoms with Crippen molar-refractivity contribution in [3.05, 3.63) is 84.4 Å². The van der Waals surface area contributed by atoms with E-state index in [1.54, 1.807) is 18.9 Å². The summed E-state index contributed by atoms with van der Waals surface area (Å²) in [6.07, 6.45) is 0. The zero-order valence-electron chi connectivity index (χ0n) is 15.1. The molecule has 0 atom stereocenters. The van der Waals surface area contributed by atoms with Crippen LogP contribution >= 0.6 is 11.8 Å². The number of methoxy groups -OCH3 is 1. The predicted molar refractivity (Wildman–Crippen MR) is 110 cm³/mol. The molecule has 0 unspecified atom stereocenters. The Morgan fingerprint density at radius 1 is 0.963 bits per heavy atom. The summed E-state index contributed by atoms with van der Waals surface area (Å²) in [5.74, 6) is 0.726. The Morgan fingerprint density at radius 2 is 1.74 bits per heavy atom. The topological polar surface area (TPSA) is 50.4 Å². The van der Waals surface area contributed by atoms with Crippen molar-refractivity contribution in [2.45, 2.75) is 16.3 Å². The fourth-order valence-corrected chi connectivity index (χ4v) is 3.48. The third-order valence-corrected chi connectivity index (χ3v) is 5.01. The zero-order chi connectivity index (χ0) is 18.9. The number of anilines is 1. The molecule has 0 bridgehead atoms. The molecule has 3 rings (SSSR count). The van der Waals surface area contributed by atoms with E-state index in [0.29, 0.717) is 6.54 Å². The number of hydrogen-bond acceptors (Lipinski definition) is 4. The average Bonchev–Trinajstić information content (AvgIpc) is 2.72. The summed E-state index contributed by atoms with van der Waals surface area (Å²) in [4.78, 5) is 14.5. The van der Waals surface area contributed by atoms with Crippen LogP contribution in [-0.2, 0) is 11.3 Å². The summed E-state index contributed by atoms with van der Waals surface area (Å²) in [7, 11) is 1.63. The average molecular weight is 378 g/mol. The van der Waals surface area contributed by atoms with E-state index in [2.05, 4.69) is 22.8 Å². The van der Waals surface area contributed by atoms with Crippen LogP contribution in [0.3, 0.4) is 0 Å². The van der Waals surface area contributed by atoms with Crippen LogP contribution in [0.25, 0.3) is 0 Å². The molecule has 4 nitrogen and oxygen atoms in total. The van der Waals surface area contributed by atoms with Gasteiger partial charge in [-0.15, -0.1) is 0 Å². The lowest BCUT2D eigenvalue weighted by molar-refractivity contribution is -0.119. The monoisotopic (exact) mass is 378 g/mol. The molecule has 0 saturated heterocycles. The fourth-order valence-electron chi connectivity index (χ4n) is 2.54. The first-order chi connectivity index (χ1) is 13.2. The van der Waals surface area contributed by atoms with E-state index in [1.165, 1.54) is 0 Å². The Hall–Kier alpha value is -2.92. The van der Waals surface area contributed by atoms with Gasteiger partial charge in [-0.1, -0.05) is 54.2 Å². The van der Waals surface area contributed by atoms with E-state index >= 15 is 0 Å². The molecule has 1 amide bonds. The van der Waals surface area contributed by atoms with Gasteiger partial charge in [-0.25, -0.2) is 0 Å². The highest BCUT2D eigenvalue weighted by Gasteiger charge is 2.06. The number of benzene rings is 3. The second kappa shape index (κ2) is 9.69. The van der Waals surface area contributed by atoms with Crippen LogP contribution in [0.2, 0.25) is 0 Å². The van der Waals surface area contributed by atoms with Gasteiger partial charge in [0, 0.05) is 22.0 Å². The standard InChI is InChI=1S/C22H22N2O2S/c1-26-18-9-7-8-17(14-18)15-24-22(25)16-23-20-12-5-6-13-21(20)27-19-10-3-2-4-11-19/h2-14,23H,15-16H2,1H3,(H,24,25). The first-order valence-electron chi connectivity index (χ1n) is 8.70. The maximum atomic E-state index is 12.2. The summed E-state index contributed by atoms with van der Waals surface area (Å²) in [6.45, 7) is 0.689. The number of ether oxygens (including phenoxy) is 1. The molecule has 2 N–H and O–H groups in total. The summed E-state index contributed by atoms with van der Waals surface area (Å²) in [5, 5.41) is 6.16. The van der Waals surface area contributed by atoms with Crippen molar-refractivity contribution in [3.8, 4) is 5.75 Å². The van der Waals surface area contributed by atoms with Gasteiger partial charge in [-0.3, -0.25) is 4.79 Å². The fraction of sp³-hybridized carbons (Fsp3) is 0.136.